The fourth-order valence-corrected chi connectivity index (χ4v) is 2.20. The van der Waals surface area contributed by atoms with Crippen LogP contribution in [-0.4, -0.2) is 17.4 Å². The van der Waals surface area contributed by atoms with Gasteiger partial charge in [-0.2, -0.15) is 0 Å². The van der Waals surface area contributed by atoms with Crippen LogP contribution < -0.4 is 5.32 Å². The maximum Gasteiger partial charge on any atom is 0.269 e. The van der Waals surface area contributed by atoms with Crippen LogP contribution in [0.4, 0.5) is 5.69 Å². The van der Waals surface area contributed by atoms with E-state index in [9.17, 15) is 14.9 Å². The van der Waals surface area contributed by atoms with Gasteiger partial charge in [-0.3, -0.25) is 14.9 Å². The first-order chi connectivity index (χ1) is 10.6. The number of benzene rings is 2. The van der Waals surface area contributed by atoms with E-state index in [0.717, 1.165) is 12.8 Å². The third-order valence-corrected chi connectivity index (χ3v) is 3.35. The minimum atomic E-state index is -0.483. The second-order valence-electron chi connectivity index (χ2n) is 5.15. The molecule has 0 aromatic heterocycles. The van der Waals surface area contributed by atoms with Crippen molar-refractivity contribution in [3.05, 3.63) is 75.3 Å². The first-order valence-corrected chi connectivity index (χ1v) is 7.14. The second-order valence-corrected chi connectivity index (χ2v) is 5.15. The molecule has 0 aliphatic rings. The first-order valence-electron chi connectivity index (χ1n) is 7.14. The van der Waals surface area contributed by atoms with E-state index >= 15 is 0 Å². The summed E-state index contributed by atoms with van der Waals surface area (Å²) in [5.41, 5.74) is 2.90. The molecule has 5 heteroatoms. The van der Waals surface area contributed by atoms with Crippen molar-refractivity contribution in [2.45, 2.75) is 19.8 Å². The maximum absolute atomic E-state index is 11.9. The molecule has 0 aliphatic heterocycles. The van der Waals surface area contributed by atoms with Gasteiger partial charge in [-0.25, -0.2) is 0 Å². The van der Waals surface area contributed by atoms with Crippen LogP contribution in [-0.2, 0) is 6.42 Å². The summed E-state index contributed by atoms with van der Waals surface area (Å²) >= 11 is 0. The molecule has 0 unspecified atom stereocenters. The number of rotatable bonds is 6. The third kappa shape index (κ3) is 4.41. The fourth-order valence-electron chi connectivity index (χ4n) is 2.20. The predicted octanol–water partition coefficient (Wildman–Crippen LogP) is 3.27. The van der Waals surface area contributed by atoms with Crippen molar-refractivity contribution in [1.29, 1.82) is 0 Å². The zero-order chi connectivity index (χ0) is 15.9. The van der Waals surface area contributed by atoms with E-state index in [2.05, 4.69) is 30.4 Å². The van der Waals surface area contributed by atoms with Crippen molar-refractivity contribution in [3.63, 3.8) is 0 Å². The molecular formula is C17H18N2O3. The molecule has 2 rings (SSSR count). The van der Waals surface area contributed by atoms with Gasteiger partial charge in [0.1, 0.15) is 0 Å². The van der Waals surface area contributed by atoms with Crippen molar-refractivity contribution >= 4 is 11.6 Å². The number of amides is 1. The van der Waals surface area contributed by atoms with Gasteiger partial charge in [0.15, 0.2) is 0 Å². The Bertz CT molecular complexity index is 666. The second kappa shape index (κ2) is 7.36. The molecular weight excluding hydrogens is 280 g/mol. The van der Waals surface area contributed by atoms with E-state index in [1.54, 1.807) is 0 Å². The van der Waals surface area contributed by atoms with Crippen LogP contribution in [0.3, 0.4) is 0 Å². The molecule has 0 saturated carbocycles. The molecule has 2 aromatic carbocycles. The lowest BCUT2D eigenvalue weighted by atomic mass is 10.1. The monoisotopic (exact) mass is 298 g/mol. The lowest BCUT2D eigenvalue weighted by Crippen LogP contribution is -2.24. The van der Waals surface area contributed by atoms with Crippen LogP contribution in [0.1, 0.15) is 27.9 Å². The molecule has 0 radical (unpaired) electrons. The molecule has 0 aliphatic carbocycles. The zero-order valence-corrected chi connectivity index (χ0v) is 12.4. The van der Waals surface area contributed by atoms with Crippen molar-refractivity contribution < 1.29 is 9.72 Å². The summed E-state index contributed by atoms with van der Waals surface area (Å²) in [4.78, 5) is 22.0. The number of nitro groups is 1. The van der Waals surface area contributed by atoms with Gasteiger partial charge in [0, 0.05) is 24.2 Å². The largest absolute Gasteiger partial charge is 0.352 e. The summed E-state index contributed by atoms with van der Waals surface area (Å²) in [5, 5.41) is 13.4. The molecule has 0 saturated heterocycles. The number of nitrogens with zero attached hydrogens (tertiary/aromatic N) is 1. The highest BCUT2D eigenvalue weighted by Crippen LogP contribution is 2.12. The van der Waals surface area contributed by atoms with Crippen LogP contribution in [0.2, 0.25) is 0 Å². The Morgan fingerprint density at radius 1 is 1.18 bits per heavy atom. The molecule has 1 N–H and O–H groups in total. The third-order valence-electron chi connectivity index (χ3n) is 3.35. The average Bonchev–Trinajstić information content (AvgIpc) is 2.51. The highest BCUT2D eigenvalue weighted by atomic mass is 16.6. The summed E-state index contributed by atoms with van der Waals surface area (Å²) < 4.78 is 0. The van der Waals surface area contributed by atoms with Gasteiger partial charge >= 0.3 is 0 Å². The Labute approximate surface area is 129 Å². The first kappa shape index (κ1) is 15.7. The van der Waals surface area contributed by atoms with Gasteiger partial charge in [0.05, 0.1) is 4.92 Å². The molecule has 5 nitrogen and oxygen atoms in total. The quantitative estimate of drug-likeness (QED) is 0.505. The van der Waals surface area contributed by atoms with Crippen molar-refractivity contribution in [3.8, 4) is 0 Å². The average molecular weight is 298 g/mol. The van der Waals surface area contributed by atoms with E-state index in [1.165, 1.54) is 35.4 Å². The lowest BCUT2D eigenvalue weighted by Gasteiger charge is -2.06. The predicted molar refractivity (Wildman–Crippen MR) is 84.9 cm³/mol. The molecule has 2 aromatic rings. The van der Waals surface area contributed by atoms with Gasteiger partial charge in [0.2, 0.25) is 0 Å². The molecule has 114 valence electrons. The molecule has 0 heterocycles. The minimum absolute atomic E-state index is 0.0176. The Hall–Kier alpha value is -2.69. The Kier molecular flexibility index (Phi) is 5.25. The molecule has 1 amide bonds. The van der Waals surface area contributed by atoms with E-state index in [1.807, 2.05) is 6.07 Å². The highest BCUT2D eigenvalue weighted by molar-refractivity contribution is 5.94. The lowest BCUT2D eigenvalue weighted by molar-refractivity contribution is -0.384. The van der Waals surface area contributed by atoms with Gasteiger partial charge < -0.3 is 5.32 Å². The van der Waals surface area contributed by atoms with Crippen LogP contribution in [0.15, 0.2) is 48.5 Å². The molecule has 0 atom stereocenters. The van der Waals surface area contributed by atoms with E-state index in [0.29, 0.717) is 12.1 Å². The van der Waals surface area contributed by atoms with Crippen molar-refractivity contribution in [1.82, 2.24) is 5.32 Å². The van der Waals surface area contributed by atoms with Gasteiger partial charge in [0.25, 0.3) is 11.6 Å². The topological polar surface area (TPSA) is 72.2 Å². The molecule has 22 heavy (non-hydrogen) atoms. The maximum atomic E-state index is 11.9. The number of aryl methyl sites for hydroxylation is 2. The molecule has 0 spiro atoms. The van der Waals surface area contributed by atoms with Crippen molar-refractivity contribution in [2.75, 3.05) is 6.54 Å². The zero-order valence-electron chi connectivity index (χ0n) is 12.4. The number of carbonyl (C=O) groups is 1. The Morgan fingerprint density at radius 3 is 2.55 bits per heavy atom. The normalized spacial score (nSPS) is 10.2. The standard InChI is InChI=1S/C17H18N2O3/c1-13-4-2-5-14(12-13)6-3-11-18-17(20)15-7-9-16(10-8-15)19(21)22/h2,4-5,7-10,12H,3,6,11H2,1H3,(H,18,20). The summed E-state index contributed by atoms with van der Waals surface area (Å²) in [6.07, 6.45) is 1.75. The van der Waals surface area contributed by atoms with Crippen LogP contribution >= 0.6 is 0 Å². The van der Waals surface area contributed by atoms with Crippen LogP contribution in [0.5, 0.6) is 0 Å². The summed E-state index contributed by atoms with van der Waals surface area (Å²) in [5.74, 6) is -0.209. The summed E-state index contributed by atoms with van der Waals surface area (Å²) in [6.45, 7) is 2.63. The number of hydrogen-bond donors (Lipinski definition) is 1. The molecule has 0 fully saturated rings. The van der Waals surface area contributed by atoms with Gasteiger partial charge in [-0.1, -0.05) is 29.8 Å². The Balaban J connectivity index is 1.79. The minimum Gasteiger partial charge on any atom is -0.352 e. The summed E-state index contributed by atoms with van der Waals surface area (Å²) in [7, 11) is 0. The fraction of sp³-hybridized carbons (Fsp3) is 0.235. The van der Waals surface area contributed by atoms with Gasteiger partial charge in [-0.05, 0) is 37.5 Å². The molecule has 0 bridgehead atoms. The van der Waals surface area contributed by atoms with E-state index in [4.69, 9.17) is 0 Å². The van der Waals surface area contributed by atoms with Crippen LogP contribution in [0, 0.1) is 17.0 Å². The van der Waals surface area contributed by atoms with E-state index in [-0.39, 0.29) is 11.6 Å². The Morgan fingerprint density at radius 2 is 1.91 bits per heavy atom. The SMILES string of the molecule is Cc1cccc(CCCNC(=O)c2ccc([N+](=O)[O-])cc2)c1. The number of nitro benzene ring substituents is 1. The number of nitrogens with one attached hydrogen (secondary N) is 1. The van der Waals surface area contributed by atoms with Gasteiger partial charge in [-0.15, -0.1) is 0 Å². The van der Waals surface area contributed by atoms with E-state index < -0.39 is 4.92 Å². The highest BCUT2D eigenvalue weighted by Gasteiger charge is 2.08. The number of non-ortho nitro benzene ring substituents is 1. The van der Waals surface area contributed by atoms with Crippen LogP contribution in [0.25, 0.3) is 0 Å². The number of hydrogen-bond acceptors (Lipinski definition) is 3. The summed E-state index contributed by atoms with van der Waals surface area (Å²) in [6, 6.07) is 13.9. The van der Waals surface area contributed by atoms with Crippen molar-refractivity contribution in [2.24, 2.45) is 0 Å². The number of carbonyl (C=O) groups excluding carboxylic acids is 1. The smallest absolute Gasteiger partial charge is 0.269 e.